The number of anilines is 3. The molecule has 8 aromatic carbocycles. The summed E-state index contributed by atoms with van der Waals surface area (Å²) in [6, 6.07) is 68.2. The highest BCUT2D eigenvalue weighted by atomic mass is 15.1. The maximum absolute atomic E-state index is 2.51. The van der Waals surface area contributed by atoms with Crippen molar-refractivity contribution >= 4 is 38.9 Å². The predicted molar refractivity (Wildman–Crippen MR) is 231 cm³/mol. The molecule has 262 valence electrons. The van der Waals surface area contributed by atoms with Crippen molar-refractivity contribution in [1.82, 2.24) is 4.57 Å². The van der Waals surface area contributed by atoms with Gasteiger partial charge in [-0.15, -0.1) is 0 Å². The van der Waals surface area contributed by atoms with Gasteiger partial charge in [0.25, 0.3) is 0 Å². The Balaban J connectivity index is 1.18. The number of rotatable bonds is 6. The molecule has 1 heterocycles. The first kappa shape index (κ1) is 31.8. The van der Waals surface area contributed by atoms with E-state index in [-0.39, 0.29) is 0 Å². The van der Waals surface area contributed by atoms with Crippen LogP contribution in [0.1, 0.15) is 47.2 Å². The Morgan fingerprint density at radius 1 is 0.400 bits per heavy atom. The molecule has 1 aromatic heterocycles. The summed E-state index contributed by atoms with van der Waals surface area (Å²) in [6.07, 6.45) is 2.00. The van der Waals surface area contributed by atoms with Gasteiger partial charge in [-0.25, -0.2) is 0 Å². The molecule has 0 N–H and O–H groups in total. The molecule has 0 saturated heterocycles. The fourth-order valence-corrected chi connectivity index (χ4v) is 9.82. The van der Waals surface area contributed by atoms with E-state index in [0.29, 0.717) is 0 Å². The standard InChI is InChI=1S/C53H40N2/c1-3-35-23-27-42-43-28-24-36(4-2)32-49(43)53(48(42)31-35)47-21-13-11-19-41(47)44-29-25-40(34-50(44)53)54(37-15-7-5-8-16-37)39-26-30-52-46(33-39)45-20-12-14-22-51(45)55(52)38-17-9-6-10-18-38/h5-34H,3-4H2,1-2H3. The maximum atomic E-state index is 2.51. The molecular weight excluding hydrogens is 665 g/mol. The van der Waals surface area contributed by atoms with E-state index >= 15 is 0 Å². The van der Waals surface area contributed by atoms with Crippen LogP contribution in [0.5, 0.6) is 0 Å². The van der Waals surface area contributed by atoms with Crippen LogP contribution in [0.4, 0.5) is 17.1 Å². The van der Waals surface area contributed by atoms with Crippen molar-refractivity contribution in [3.63, 3.8) is 0 Å². The minimum Gasteiger partial charge on any atom is -0.310 e. The van der Waals surface area contributed by atoms with Gasteiger partial charge in [0.05, 0.1) is 16.4 Å². The molecule has 2 nitrogen and oxygen atoms in total. The summed E-state index contributed by atoms with van der Waals surface area (Å²) in [4.78, 5) is 2.45. The van der Waals surface area contributed by atoms with Gasteiger partial charge in [0, 0.05) is 33.5 Å². The zero-order valence-electron chi connectivity index (χ0n) is 31.1. The summed E-state index contributed by atoms with van der Waals surface area (Å²) in [7, 11) is 0. The highest BCUT2D eigenvalue weighted by Crippen LogP contribution is 2.63. The second-order valence-corrected chi connectivity index (χ2v) is 15.1. The summed E-state index contributed by atoms with van der Waals surface area (Å²) in [5, 5.41) is 2.48. The van der Waals surface area contributed by atoms with Crippen molar-refractivity contribution in [2.75, 3.05) is 4.90 Å². The van der Waals surface area contributed by atoms with Gasteiger partial charge in [-0.1, -0.05) is 135 Å². The van der Waals surface area contributed by atoms with Gasteiger partial charge < -0.3 is 9.47 Å². The van der Waals surface area contributed by atoms with E-state index in [1.165, 1.54) is 83.1 Å². The molecular formula is C53H40N2. The van der Waals surface area contributed by atoms with Crippen molar-refractivity contribution < 1.29 is 0 Å². The lowest BCUT2D eigenvalue weighted by atomic mass is 9.70. The number of hydrogen-bond donors (Lipinski definition) is 0. The highest BCUT2D eigenvalue weighted by molar-refractivity contribution is 6.11. The van der Waals surface area contributed by atoms with E-state index in [2.05, 4.69) is 205 Å². The Morgan fingerprint density at radius 3 is 1.64 bits per heavy atom. The van der Waals surface area contributed by atoms with Crippen molar-refractivity contribution in [3.05, 3.63) is 215 Å². The number of hydrogen-bond acceptors (Lipinski definition) is 1. The molecule has 11 rings (SSSR count). The summed E-state index contributed by atoms with van der Waals surface area (Å²) in [5.74, 6) is 0. The number of aryl methyl sites for hydroxylation is 2. The molecule has 0 aliphatic heterocycles. The third kappa shape index (κ3) is 4.49. The smallest absolute Gasteiger partial charge is 0.0726 e. The van der Waals surface area contributed by atoms with Crippen LogP contribution in [0.15, 0.2) is 182 Å². The Bertz CT molecular complexity index is 2900. The molecule has 2 aliphatic carbocycles. The van der Waals surface area contributed by atoms with E-state index in [1.54, 1.807) is 0 Å². The molecule has 0 radical (unpaired) electrons. The average molecular weight is 705 g/mol. The SMILES string of the molecule is CCc1ccc2c(c1)C1(c3ccccc3-c3ccc(N(c4ccccc4)c4ccc5c(c4)c4ccccc4n5-c4ccccc4)cc31)c1cc(CC)ccc1-2. The monoisotopic (exact) mass is 704 g/mol. The molecule has 55 heavy (non-hydrogen) atoms. The van der Waals surface area contributed by atoms with Crippen molar-refractivity contribution in [2.45, 2.75) is 32.1 Å². The third-order valence-electron chi connectivity index (χ3n) is 12.3. The summed E-state index contributed by atoms with van der Waals surface area (Å²) in [5.41, 5.74) is 20.2. The van der Waals surface area contributed by atoms with Crippen molar-refractivity contribution in [2.24, 2.45) is 0 Å². The second kappa shape index (κ2) is 12.2. The van der Waals surface area contributed by atoms with Crippen LogP contribution in [-0.4, -0.2) is 4.57 Å². The number of para-hydroxylation sites is 3. The van der Waals surface area contributed by atoms with Crippen LogP contribution in [0.25, 0.3) is 49.7 Å². The minimum atomic E-state index is -0.418. The Morgan fingerprint density at radius 2 is 0.927 bits per heavy atom. The summed E-state index contributed by atoms with van der Waals surface area (Å²) in [6.45, 7) is 4.54. The summed E-state index contributed by atoms with van der Waals surface area (Å²) >= 11 is 0. The molecule has 2 heteroatoms. The van der Waals surface area contributed by atoms with Crippen LogP contribution in [0.2, 0.25) is 0 Å². The topological polar surface area (TPSA) is 8.17 Å². The van der Waals surface area contributed by atoms with Crippen LogP contribution in [-0.2, 0) is 18.3 Å². The Labute approximate surface area is 322 Å². The number of nitrogens with zero attached hydrogens (tertiary/aromatic N) is 2. The van der Waals surface area contributed by atoms with E-state index < -0.39 is 5.41 Å². The zero-order valence-corrected chi connectivity index (χ0v) is 31.1. The lowest BCUT2D eigenvalue weighted by Crippen LogP contribution is -2.26. The van der Waals surface area contributed by atoms with Gasteiger partial charge in [-0.3, -0.25) is 0 Å². The van der Waals surface area contributed by atoms with E-state index in [9.17, 15) is 0 Å². The van der Waals surface area contributed by atoms with Gasteiger partial charge in [0.1, 0.15) is 0 Å². The minimum absolute atomic E-state index is 0.418. The molecule has 9 aromatic rings. The lowest BCUT2D eigenvalue weighted by Gasteiger charge is -2.32. The molecule has 0 atom stereocenters. The van der Waals surface area contributed by atoms with E-state index in [4.69, 9.17) is 0 Å². The van der Waals surface area contributed by atoms with Crippen molar-refractivity contribution in [1.29, 1.82) is 0 Å². The largest absolute Gasteiger partial charge is 0.310 e. The van der Waals surface area contributed by atoms with Gasteiger partial charge in [-0.05, 0) is 129 Å². The van der Waals surface area contributed by atoms with E-state index in [0.717, 1.165) is 29.9 Å². The predicted octanol–water partition coefficient (Wildman–Crippen LogP) is 13.7. The van der Waals surface area contributed by atoms with Gasteiger partial charge in [0.2, 0.25) is 0 Å². The number of fused-ring (bicyclic) bond motifs is 13. The first-order chi connectivity index (χ1) is 27.2. The van der Waals surface area contributed by atoms with Crippen LogP contribution >= 0.6 is 0 Å². The lowest BCUT2D eigenvalue weighted by molar-refractivity contribution is 0.789. The fourth-order valence-electron chi connectivity index (χ4n) is 9.82. The normalized spacial score (nSPS) is 13.2. The molecule has 1 spiro atoms. The Hall–Kier alpha value is -6.64. The Kier molecular flexibility index (Phi) is 7.06. The fraction of sp³-hybridized carbons (Fsp3) is 0.0943. The first-order valence-corrected chi connectivity index (χ1v) is 19.6. The zero-order chi connectivity index (χ0) is 36.7. The van der Waals surface area contributed by atoms with Gasteiger partial charge in [0.15, 0.2) is 0 Å². The van der Waals surface area contributed by atoms with Crippen LogP contribution < -0.4 is 4.90 Å². The van der Waals surface area contributed by atoms with Gasteiger partial charge >= 0.3 is 0 Å². The molecule has 0 fully saturated rings. The van der Waals surface area contributed by atoms with Crippen LogP contribution in [0.3, 0.4) is 0 Å². The maximum Gasteiger partial charge on any atom is 0.0726 e. The molecule has 0 amide bonds. The summed E-state index contributed by atoms with van der Waals surface area (Å²) < 4.78 is 2.39. The molecule has 0 unspecified atom stereocenters. The van der Waals surface area contributed by atoms with Gasteiger partial charge in [-0.2, -0.15) is 0 Å². The number of benzene rings is 8. The second-order valence-electron chi connectivity index (χ2n) is 15.1. The average Bonchev–Trinajstić information content (AvgIpc) is 3.85. The van der Waals surface area contributed by atoms with Crippen LogP contribution in [0, 0.1) is 0 Å². The number of aromatic nitrogens is 1. The van der Waals surface area contributed by atoms with Crippen molar-refractivity contribution in [3.8, 4) is 27.9 Å². The molecule has 0 bridgehead atoms. The first-order valence-electron chi connectivity index (χ1n) is 19.6. The van der Waals surface area contributed by atoms with E-state index in [1.807, 2.05) is 0 Å². The molecule has 0 saturated carbocycles. The third-order valence-corrected chi connectivity index (χ3v) is 12.3. The quantitative estimate of drug-likeness (QED) is 0.167. The highest BCUT2D eigenvalue weighted by Gasteiger charge is 2.52. The molecule has 2 aliphatic rings.